The predicted molar refractivity (Wildman–Crippen MR) is 38.4 cm³/mol. The number of Topliss-reactive ketones (excluding diaryl/α,β-unsaturated/α-hetero) is 1. The molecule has 0 saturated heterocycles. The van der Waals surface area contributed by atoms with Crippen molar-refractivity contribution in [3.8, 4) is 0 Å². The van der Waals surface area contributed by atoms with E-state index in [-0.39, 0.29) is 16.1 Å². The number of hydrogen-bond acceptors (Lipinski definition) is 3. The SMILES string of the molecule is CC(=O)SC(C)C(C)=O. The first-order valence-electron chi connectivity index (χ1n) is 2.71. The molecule has 0 spiro atoms. The van der Waals surface area contributed by atoms with E-state index in [1.54, 1.807) is 6.92 Å². The van der Waals surface area contributed by atoms with Crippen LogP contribution in [0.4, 0.5) is 0 Å². The molecule has 0 aliphatic heterocycles. The summed E-state index contributed by atoms with van der Waals surface area (Å²) in [7, 11) is 0. The van der Waals surface area contributed by atoms with Crippen LogP contribution in [-0.2, 0) is 9.59 Å². The third-order valence-electron chi connectivity index (χ3n) is 0.915. The Balaban J connectivity index is 3.63. The van der Waals surface area contributed by atoms with E-state index in [2.05, 4.69) is 0 Å². The Labute approximate surface area is 59.0 Å². The molecule has 1 atom stereocenters. The third-order valence-corrected chi connectivity index (χ3v) is 1.93. The van der Waals surface area contributed by atoms with E-state index in [4.69, 9.17) is 0 Å². The Kier molecular flexibility index (Phi) is 3.54. The van der Waals surface area contributed by atoms with Gasteiger partial charge in [0.05, 0.1) is 5.25 Å². The second kappa shape index (κ2) is 3.67. The van der Waals surface area contributed by atoms with Gasteiger partial charge in [-0.15, -0.1) is 0 Å². The van der Waals surface area contributed by atoms with E-state index in [1.165, 1.54) is 13.8 Å². The van der Waals surface area contributed by atoms with Crippen LogP contribution in [0, 0.1) is 0 Å². The second-order valence-corrected chi connectivity index (χ2v) is 3.38. The van der Waals surface area contributed by atoms with Crippen LogP contribution < -0.4 is 0 Å². The van der Waals surface area contributed by atoms with Gasteiger partial charge in [-0.1, -0.05) is 11.8 Å². The first-order chi connectivity index (χ1) is 4.04. The van der Waals surface area contributed by atoms with Crippen LogP contribution in [0.15, 0.2) is 0 Å². The fraction of sp³-hybridized carbons (Fsp3) is 0.667. The normalized spacial score (nSPS) is 12.8. The monoisotopic (exact) mass is 146 g/mol. The molecule has 3 heteroatoms. The third kappa shape index (κ3) is 4.21. The number of rotatable bonds is 2. The Morgan fingerprint density at radius 3 is 1.89 bits per heavy atom. The number of thioether (sulfide) groups is 1. The average Bonchev–Trinajstić information content (AvgIpc) is 1.63. The summed E-state index contributed by atoms with van der Waals surface area (Å²) in [4.78, 5) is 20.9. The smallest absolute Gasteiger partial charge is 0.186 e. The fourth-order valence-corrected chi connectivity index (χ4v) is 0.996. The van der Waals surface area contributed by atoms with Crippen molar-refractivity contribution in [2.24, 2.45) is 0 Å². The molecular formula is C6H10O2S. The van der Waals surface area contributed by atoms with Crippen molar-refractivity contribution >= 4 is 22.7 Å². The van der Waals surface area contributed by atoms with Gasteiger partial charge >= 0.3 is 0 Å². The summed E-state index contributed by atoms with van der Waals surface area (Å²) in [5, 5.41) is -0.180. The van der Waals surface area contributed by atoms with Crippen LogP contribution in [0.25, 0.3) is 0 Å². The largest absolute Gasteiger partial charge is 0.299 e. The highest BCUT2D eigenvalue weighted by Gasteiger charge is 2.09. The van der Waals surface area contributed by atoms with Gasteiger partial charge in [0.1, 0.15) is 5.78 Å². The van der Waals surface area contributed by atoms with Gasteiger partial charge in [0.25, 0.3) is 0 Å². The lowest BCUT2D eigenvalue weighted by molar-refractivity contribution is -0.116. The van der Waals surface area contributed by atoms with Gasteiger partial charge in [-0.3, -0.25) is 9.59 Å². The number of ketones is 1. The zero-order valence-corrected chi connectivity index (χ0v) is 6.62. The minimum atomic E-state index is -0.178. The maximum absolute atomic E-state index is 10.5. The molecule has 9 heavy (non-hydrogen) atoms. The molecule has 0 aliphatic rings. The standard InChI is InChI=1S/C6H10O2S/c1-4(7)5(2)9-6(3)8/h5H,1-3H3. The average molecular weight is 146 g/mol. The summed E-state index contributed by atoms with van der Waals surface area (Å²) in [6.07, 6.45) is 0. The maximum atomic E-state index is 10.5. The Morgan fingerprint density at radius 1 is 1.33 bits per heavy atom. The fourth-order valence-electron chi connectivity index (χ4n) is 0.332. The number of carbonyl (C=O) groups excluding carboxylic acids is 2. The molecule has 0 radical (unpaired) electrons. The molecular weight excluding hydrogens is 136 g/mol. The first kappa shape index (κ1) is 8.69. The van der Waals surface area contributed by atoms with Crippen LogP contribution in [-0.4, -0.2) is 16.1 Å². The van der Waals surface area contributed by atoms with Crippen molar-refractivity contribution in [1.82, 2.24) is 0 Å². The summed E-state index contributed by atoms with van der Waals surface area (Å²) >= 11 is 1.07. The second-order valence-electron chi connectivity index (χ2n) is 1.86. The van der Waals surface area contributed by atoms with Crippen LogP contribution >= 0.6 is 11.8 Å². The molecule has 0 fully saturated rings. The first-order valence-corrected chi connectivity index (χ1v) is 3.59. The van der Waals surface area contributed by atoms with Gasteiger partial charge in [0, 0.05) is 6.92 Å². The van der Waals surface area contributed by atoms with E-state index >= 15 is 0 Å². The minimum Gasteiger partial charge on any atom is -0.299 e. The lowest BCUT2D eigenvalue weighted by Gasteiger charge is -2.00. The van der Waals surface area contributed by atoms with Crippen molar-refractivity contribution < 1.29 is 9.59 Å². The van der Waals surface area contributed by atoms with Gasteiger partial charge in [0.15, 0.2) is 5.12 Å². The summed E-state index contributed by atoms with van der Waals surface area (Å²) in [6, 6.07) is 0. The highest BCUT2D eigenvalue weighted by molar-refractivity contribution is 8.14. The molecule has 0 aromatic carbocycles. The van der Waals surface area contributed by atoms with E-state index in [0.717, 1.165) is 11.8 Å². The van der Waals surface area contributed by atoms with E-state index in [0.29, 0.717) is 0 Å². The molecule has 2 nitrogen and oxygen atoms in total. The topological polar surface area (TPSA) is 34.1 Å². The Morgan fingerprint density at radius 2 is 1.78 bits per heavy atom. The van der Waals surface area contributed by atoms with Crippen LogP contribution in [0.1, 0.15) is 20.8 Å². The Bertz CT molecular complexity index is 131. The molecule has 0 rings (SSSR count). The molecule has 0 aliphatic carbocycles. The van der Waals surface area contributed by atoms with E-state index < -0.39 is 0 Å². The quantitative estimate of drug-likeness (QED) is 0.588. The highest BCUT2D eigenvalue weighted by atomic mass is 32.2. The zero-order chi connectivity index (χ0) is 7.44. The molecule has 0 N–H and O–H groups in total. The zero-order valence-electron chi connectivity index (χ0n) is 5.80. The molecule has 0 heterocycles. The summed E-state index contributed by atoms with van der Waals surface area (Å²) in [6.45, 7) is 4.68. The van der Waals surface area contributed by atoms with Crippen molar-refractivity contribution in [3.05, 3.63) is 0 Å². The molecule has 52 valence electrons. The molecule has 0 amide bonds. The summed E-state index contributed by atoms with van der Waals surface area (Å²) in [5.74, 6) is 0.0511. The molecule has 0 saturated carbocycles. The number of carbonyl (C=O) groups is 2. The Hall–Kier alpha value is -0.310. The van der Waals surface area contributed by atoms with Crippen LogP contribution in [0.2, 0.25) is 0 Å². The van der Waals surface area contributed by atoms with Crippen LogP contribution in [0.3, 0.4) is 0 Å². The lowest BCUT2D eigenvalue weighted by Crippen LogP contribution is -2.09. The summed E-state index contributed by atoms with van der Waals surface area (Å²) in [5.41, 5.74) is 0. The molecule has 1 unspecified atom stereocenters. The maximum Gasteiger partial charge on any atom is 0.186 e. The van der Waals surface area contributed by atoms with Gasteiger partial charge < -0.3 is 0 Å². The van der Waals surface area contributed by atoms with Crippen molar-refractivity contribution in [2.45, 2.75) is 26.0 Å². The minimum absolute atomic E-state index is 0.00213. The van der Waals surface area contributed by atoms with Crippen molar-refractivity contribution in [3.63, 3.8) is 0 Å². The lowest BCUT2D eigenvalue weighted by atomic mass is 10.3. The summed E-state index contributed by atoms with van der Waals surface area (Å²) < 4.78 is 0. The van der Waals surface area contributed by atoms with Gasteiger partial charge in [-0.05, 0) is 13.8 Å². The molecule has 0 aromatic rings. The predicted octanol–water partition coefficient (Wildman–Crippen LogP) is 1.24. The molecule has 0 aromatic heterocycles. The van der Waals surface area contributed by atoms with E-state index in [1.807, 2.05) is 0 Å². The number of hydrogen-bond donors (Lipinski definition) is 0. The van der Waals surface area contributed by atoms with Crippen molar-refractivity contribution in [1.29, 1.82) is 0 Å². The highest BCUT2D eigenvalue weighted by Crippen LogP contribution is 2.10. The van der Waals surface area contributed by atoms with Gasteiger partial charge in [-0.2, -0.15) is 0 Å². The van der Waals surface area contributed by atoms with Crippen molar-refractivity contribution in [2.75, 3.05) is 0 Å². The van der Waals surface area contributed by atoms with E-state index in [9.17, 15) is 9.59 Å². The van der Waals surface area contributed by atoms with Gasteiger partial charge in [0.2, 0.25) is 0 Å². The molecule has 0 bridgehead atoms. The van der Waals surface area contributed by atoms with Gasteiger partial charge in [-0.25, -0.2) is 0 Å². The van der Waals surface area contributed by atoms with Crippen LogP contribution in [0.5, 0.6) is 0 Å².